The van der Waals surface area contributed by atoms with E-state index >= 15 is 0 Å². The minimum Gasteiger partial charge on any atom is -0.496 e. The van der Waals surface area contributed by atoms with Crippen molar-refractivity contribution < 1.29 is 28.5 Å². The first-order valence-electron chi connectivity index (χ1n) is 10.2. The summed E-state index contributed by atoms with van der Waals surface area (Å²) >= 11 is 0. The monoisotopic (exact) mass is 434 g/mol. The molecule has 0 saturated heterocycles. The van der Waals surface area contributed by atoms with Crippen molar-refractivity contribution in [2.45, 2.75) is 26.1 Å². The van der Waals surface area contributed by atoms with E-state index in [9.17, 15) is 9.59 Å². The second-order valence-corrected chi connectivity index (χ2v) is 7.12. The predicted molar refractivity (Wildman–Crippen MR) is 119 cm³/mol. The van der Waals surface area contributed by atoms with Gasteiger partial charge in [-0.2, -0.15) is 0 Å². The van der Waals surface area contributed by atoms with E-state index in [2.05, 4.69) is 0 Å². The lowest BCUT2D eigenvalue weighted by Crippen LogP contribution is -2.10. The van der Waals surface area contributed by atoms with Crippen LogP contribution in [0.4, 0.5) is 0 Å². The van der Waals surface area contributed by atoms with Crippen molar-refractivity contribution in [3.05, 3.63) is 95.1 Å². The summed E-state index contributed by atoms with van der Waals surface area (Å²) in [5, 5.41) is 0. The summed E-state index contributed by atoms with van der Waals surface area (Å²) in [7, 11) is 3.06. The molecule has 0 aromatic heterocycles. The zero-order valence-electron chi connectivity index (χ0n) is 18.2. The molecule has 0 unspecified atom stereocenters. The number of carbonyl (C=O) groups is 2. The second-order valence-electron chi connectivity index (χ2n) is 7.12. The van der Waals surface area contributed by atoms with E-state index in [4.69, 9.17) is 18.9 Å². The Morgan fingerprint density at radius 1 is 0.625 bits per heavy atom. The molecular formula is C26H26O6. The first-order valence-corrected chi connectivity index (χ1v) is 10.2. The Kier molecular flexibility index (Phi) is 8.26. The highest BCUT2D eigenvalue weighted by Crippen LogP contribution is 2.30. The van der Waals surface area contributed by atoms with E-state index in [1.54, 1.807) is 12.1 Å². The highest BCUT2D eigenvalue weighted by Gasteiger charge is 2.15. The highest BCUT2D eigenvalue weighted by molar-refractivity contribution is 5.73. The van der Waals surface area contributed by atoms with Crippen LogP contribution in [0.3, 0.4) is 0 Å². The minimum atomic E-state index is -0.337. The summed E-state index contributed by atoms with van der Waals surface area (Å²) in [5.74, 6) is 0.368. The molecule has 0 bridgehead atoms. The van der Waals surface area contributed by atoms with E-state index < -0.39 is 0 Å². The molecule has 0 heterocycles. The van der Waals surface area contributed by atoms with Crippen LogP contribution < -0.4 is 9.47 Å². The van der Waals surface area contributed by atoms with Gasteiger partial charge in [0.25, 0.3) is 0 Å². The van der Waals surface area contributed by atoms with Crippen molar-refractivity contribution in [3.63, 3.8) is 0 Å². The zero-order valence-corrected chi connectivity index (χ0v) is 18.2. The van der Waals surface area contributed by atoms with E-state index in [1.807, 2.05) is 60.7 Å². The SMILES string of the molecule is COc1cc(COC(=O)Cc2ccccc2)c(OC)cc1COC(=O)Cc1ccccc1. The van der Waals surface area contributed by atoms with Gasteiger partial charge in [-0.3, -0.25) is 9.59 Å². The Morgan fingerprint density at radius 3 is 1.34 bits per heavy atom. The van der Waals surface area contributed by atoms with Crippen LogP contribution in [-0.2, 0) is 45.1 Å². The van der Waals surface area contributed by atoms with Crippen LogP contribution in [0.5, 0.6) is 11.5 Å². The summed E-state index contributed by atoms with van der Waals surface area (Å²) in [6.07, 6.45) is 0.380. The fourth-order valence-electron chi connectivity index (χ4n) is 3.19. The molecule has 32 heavy (non-hydrogen) atoms. The van der Waals surface area contributed by atoms with Crippen LogP contribution in [0.25, 0.3) is 0 Å². The Hall–Kier alpha value is -3.80. The quantitative estimate of drug-likeness (QED) is 0.444. The normalized spacial score (nSPS) is 10.3. The molecule has 166 valence electrons. The van der Waals surface area contributed by atoms with E-state index in [0.29, 0.717) is 22.6 Å². The van der Waals surface area contributed by atoms with Gasteiger partial charge in [-0.25, -0.2) is 0 Å². The zero-order chi connectivity index (χ0) is 22.8. The molecule has 6 nitrogen and oxygen atoms in total. The van der Waals surface area contributed by atoms with E-state index in [1.165, 1.54) is 14.2 Å². The van der Waals surface area contributed by atoms with Gasteiger partial charge in [0, 0.05) is 11.1 Å². The molecule has 0 N–H and O–H groups in total. The maximum Gasteiger partial charge on any atom is 0.310 e. The fourth-order valence-corrected chi connectivity index (χ4v) is 3.19. The number of hydrogen-bond donors (Lipinski definition) is 0. The molecule has 0 radical (unpaired) electrons. The number of benzene rings is 3. The van der Waals surface area contributed by atoms with Crippen LogP contribution in [0, 0.1) is 0 Å². The van der Waals surface area contributed by atoms with E-state index in [0.717, 1.165) is 11.1 Å². The maximum absolute atomic E-state index is 12.2. The Labute approximate surface area is 187 Å². The molecule has 3 aromatic rings. The molecule has 0 amide bonds. The van der Waals surface area contributed by atoms with Crippen LogP contribution in [0.2, 0.25) is 0 Å². The molecule has 0 aliphatic heterocycles. The molecule has 0 saturated carbocycles. The molecule has 0 aliphatic carbocycles. The number of esters is 2. The number of methoxy groups -OCH3 is 2. The van der Waals surface area contributed by atoms with Crippen LogP contribution in [0.15, 0.2) is 72.8 Å². The predicted octanol–water partition coefficient (Wildman–Crippen LogP) is 4.28. The second kappa shape index (κ2) is 11.6. The highest BCUT2D eigenvalue weighted by atomic mass is 16.5. The molecule has 0 atom stereocenters. The number of rotatable bonds is 10. The van der Waals surface area contributed by atoms with Crippen LogP contribution in [-0.4, -0.2) is 26.2 Å². The smallest absolute Gasteiger partial charge is 0.310 e. The molecule has 0 spiro atoms. The molecule has 3 aromatic carbocycles. The lowest BCUT2D eigenvalue weighted by atomic mass is 10.1. The van der Waals surface area contributed by atoms with Crippen LogP contribution >= 0.6 is 0 Å². The molecule has 6 heteroatoms. The van der Waals surface area contributed by atoms with Gasteiger partial charge in [-0.05, 0) is 23.3 Å². The average Bonchev–Trinajstić information content (AvgIpc) is 2.82. The number of carbonyl (C=O) groups excluding carboxylic acids is 2. The summed E-state index contributed by atoms with van der Waals surface area (Å²) < 4.78 is 21.7. The van der Waals surface area contributed by atoms with Gasteiger partial charge in [0.2, 0.25) is 0 Å². The number of ether oxygens (including phenoxy) is 4. The lowest BCUT2D eigenvalue weighted by molar-refractivity contribution is -0.145. The van der Waals surface area contributed by atoms with Crippen molar-refractivity contribution in [2.75, 3.05) is 14.2 Å². The van der Waals surface area contributed by atoms with Gasteiger partial charge in [-0.15, -0.1) is 0 Å². The summed E-state index contributed by atoms with van der Waals surface area (Å²) in [6, 6.07) is 22.3. The molecular weight excluding hydrogens is 408 g/mol. The summed E-state index contributed by atoms with van der Waals surface area (Å²) in [5.41, 5.74) is 3.08. The molecule has 0 aliphatic rings. The van der Waals surface area contributed by atoms with Gasteiger partial charge < -0.3 is 18.9 Å². The Bertz CT molecular complexity index is 946. The van der Waals surface area contributed by atoms with Gasteiger partial charge in [0.05, 0.1) is 27.1 Å². The maximum atomic E-state index is 12.2. The van der Waals surface area contributed by atoms with E-state index in [-0.39, 0.29) is 38.0 Å². The standard InChI is InChI=1S/C26H26O6/c1-29-23-15-22(18-32-26(28)14-20-11-7-4-8-12-20)24(30-2)16-21(23)17-31-25(27)13-19-9-5-3-6-10-19/h3-12,15-16H,13-14,17-18H2,1-2H3. The first kappa shape index (κ1) is 22.9. The van der Waals surface area contributed by atoms with Gasteiger partial charge >= 0.3 is 11.9 Å². The largest absolute Gasteiger partial charge is 0.496 e. The van der Waals surface area contributed by atoms with Crippen molar-refractivity contribution in [3.8, 4) is 11.5 Å². The third-order valence-electron chi connectivity index (χ3n) is 4.84. The minimum absolute atomic E-state index is 0.0409. The van der Waals surface area contributed by atoms with Gasteiger partial charge in [0.1, 0.15) is 24.7 Å². The van der Waals surface area contributed by atoms with Crippen molar-refractivity contribution in [2.24, 2.45) is 0 Å². The van der Waals surface area contributed by atoms with Crippen LogP contribution in [0.1, 0.15) is 22.3 Å². The third kappa shape index (κ3) is 6.60. The molecule has 3 rings (SSSR count). The van der Waals surface area contributed by atoms with Gasteiger partial charge in [0.15, 0.2) is 0 Å². The average molecular weight is 434 g/mol. The topological polar surface area (TPSA) is 71.1 Å². The summed E-state index contributed by atoms with van der Waals surface area (Å²) in [6.45, 7) is 0.0819. The molecule has 0 fully saturated rings. The van der Waals surface area contributed by atoms with Crippen molar-refractivity contribution in [1.29, 1.82) is 0 Å². The Morgan fingerprint density at radius 2 is 1.00 bits per heavy atom. The van der Waals surface area contributed by atoms with Crippen molar-refractivity contribution in [1.82, 2.24) is 0 Å². The first-order chi connectivity index (χ1) is 15.6. The lowest BCUT2D eigenvalue weighted by Gasteiger charge is -2.15. The number of hydrogen-bond acceptors (Lipinski definition) is 6. The van der Waals surface area contributed by atoms with Gasteiger partial charge in [-0.1, -0.05) is 60.7 Å². The third-order valence-corrected chi connectivity index (χ3v) is 4.84. The fraction of sp³-hybridized carbons (Fsp3) is 0.231. The summed E-state index contributed by atoms with van der Waals surface area (Å²) in [4.78, 5) is 24.4. The van der Waals surface area contributed by atoms with Crippen molar-refractivity contribution >= 4 is 11.9 Å². The Balaban J connectivity index is 1.62.